The molecule has 0 bridgehead atoms. The number of aryl methyl sites for hydroxylation is 3. The first-order valence-corrected chi connectivity index (χ1v) is 7.88. The third-order valence-corrected chi connectivity index (χ3v) is 4.77. The zero-order valence-corrected chi connectivity index (χ0v) is 13.1. The van der Waals surface area contributed by atoms with Crippen molar-refractivity contribution in [2.75, 3.05) is 5.32 Å². The van der Waals surface area contributed by atoms with Gasteiger partial charge in [0.05, 0.1) is 0 Å². The summed E-state index contributed by atoms with van der Waals surface area (Å²) in [5.41, 5.74) is 5.23. The molecule has 2 fully saturated rings. The topological polar surface area (TPSA) is 36.1 Å². The average Bonchev–Trinajstić information content (AvgIpc) is 2.70. The standard InChI is InChI=1S/C17H27N3/c1-11-9-12(2)16(13(3)10-11)20-17(4)18-14-7-5-6-8-15(14)19-17/h9-10,14-15,18-20H,5-8H2,1-4H3/t14-,15-/m1/s1. The minimum atomic E-state index is -0.190. The summed E-state index contributed by atoms with van der Waals surface area (Å²) in [5.74, 6) is -0.190. The third kappa shape index (κ3) is 2.57. The van der Waals surface area contributed by atoms with Crippen molar-refractivity contribution in [2.24, 2.45) is 0 Å². The van der Waals surface area contributed by atoms with Crippen LogP contribution >= 0.6 is 0 Å². The molecule has 3 rings (SSSR count). The van der Waals surface area contributed by atoms with E-state index in [0.717, 1.165) is 0 Å². The fourth-order valence-corrected chi connectivity index (χ4v) is 3.96. The van der Waals surface area contributed by atoms with E-state index in [2.05, 4.69) is 55.8 Å². The zero-order valence-electron chi connectivity index (χ0n) is 13.1. The second-order valence-corrected chi connectivity index (χ2v) is 6.81. The Morgan fingerprint density at radius 3 is 2.00 bits per heavy atom. The molecular formula is C17H27N3. The summed E-state index contributed by atoms with van der Waals surface area (Å²) in [6, 6.07) is 5.74. The van der Waals surface area contributed by atoms with Crippen molar-refractivity contribution in [3.05, 3.63) is 28.8 Å². The molecule has 1 aliphatic heterocycles. The number of rotatable bonds is 2. The lowest BCUT2D eigenvalue weighted by Crippen LogP contribution is -2.54. The minimum absolute atomic E-state index is 0.190. The van der Waals surface area contributed by atoms with Crippen molar-refractivity contribution < 1.29 is 0 Å². The number of nitrogens with one attached hydrogen (secondary N) is 3. The van der Waals surface area contributed by atoms with Gasteiger partial charge in [-0.2, -0.15) is 0 Å². The van der Waals surface area contributed by atoms with Crippen molar-refractivity contribution in [1.29, 1.82) is 0 Å². The summed E-state index contributed by atoms with van der Waals surface area (Å²) < 4.78 is 0. The summed E-state index contributed by atoms with van der Waals surface area (Å²) in [5, 5.41) is 11.2. The van der Waals surface area contributed by atoms with Gasteiger partial charge in [-0.15, -0.1) is 0 Å². The van der Waals surface area contributed by atoms with Crippen molar-refractivity contribution in [3.8, 4) is 0 Å². The maximum atomic E-state index is 3.76. The normalized spacial score (nSPS) is 28.2. The van der Waals surface area contributed by atoms with Crippen LogP contribution in [0.25, 0.3) is 0 Å². The molecule has 1 saturated carbocycles. The molecule has 3 N–H and O–H groups in total. The first-order valence-electron chi connectivity index (χ1n) is 7.88. The number of hydrogen-bond acceptors (Lipinski definition) is 3. The lowest BCUT2D eigenvalue weighted by Gasteiger charge is -2.30. The summed E-state index contributed by atoms with van der Waals surface area (Å²) in [6.45, 7) is 8.76. The Labute approximate surface area is 122 Å². The molecule has 2 atom stereocenters. The Morgan fingerprint density at radius 1 is 1.00 bits per heavy atom. The molecule has 3 heteroatoms. The molecule has 3 nitrogen and oxygen atoms in total. The highest BCUT2D eigenvalue weighted by atomic mass is 15.4. The lowest BCUT2D eigenvalue weighted by atomic mass is 9.92. The summed E-state index contributed by atoms with van der Waals surface area (Å²) in [4.78, 5) is 0. The molecule has 110 valence electrons. The Bertz CT molecular complexity index is 472. The van der Waals surface area contributed by atoms with Gasteiger partial charge >= 0.3 is 0 Å². The van der Waals surface area contributed by atoms with Crippen LogP contribution in [0, 0.1) is 20.8 Å². The predicted molar refractivity (Wildman–Crippen MR) is 85.0 cm³/mol. The van der Waals surface area contributed by atoms with Gasteiger partial charge in [0.25, 0.3) is 0 Å². The minimum Gasteiger partial charge on any atom is -0.355 e. The smallest absolute Gasteiger partial charge is 0.141 e. The molecule has 0 spiro atoms. The molecule has 1 heterocycles. The van der Waals surface area contributed by atoms with Gasteiger partial charge in [-0.1, -0.05) is 30.5 Å². The van der Waals surface area contributed by atoms with Gasteiger partial charge < -0.3 is 5.32 Å². The Morgan fingerprint density at radius 2 is 1.50 bits per heavy atom. The predicted octanol–water partition coefficient (Wildman–Crippen LogP) is 3.20. The second kappa shape index (κ2) is 5.05. The summed E-state index contributed by atoms with van der Waals surface area (Å²) in [7, 11) is 0. The van der Waals surface area contributed by atoms with E-state index in [1.54, 1.807) is 0 Å². The highest BCUT2D eigenvalue weighted by Gasteiger charge is 2.41. The van der Waals surface area contributed by atoms with Crippen LogP contribution in [0.5, 0.6) is 0 Å². The van der Waals surface area contributed by atoms with Crippen LogP contribution in [-0.4, -0.2) is 17.9 Å². The number of fused-ring (bicyclic) bond motifs is 1. The molecule has 1 aliphatic carbocycles. The van der Waals surface area contributed by atoms with Gasteiger partial charge in [0.15, 0.2) is 0 Å². The Kier molecular flexibility index (Phi) is 3.51. The van der Waals surface area contributed by atoms with Crippen LogP contribution in [0.2, 0.25) is 0 Å². The monoisotopic (exact) mass is 273 g/mol. The van der Waals surface area contributed by atoms with E-state index >= 15 is 0 Å². The van der Waals surface area contributed by atoms with Gasteiger partial charge in [0, 0.05) is 17.8 Å². The molecular weight excluding hydrogens is 246 g/mol. The van der Waals surface area contributed by atoms with Crippen LogP contribution in [0.3, 0.4) is 0 Å². The molecule has 0 aromatic heterocycles. The van der Waals surface area contributed by atoms with E-state index < -0.39 is 0 Å². The van der Waals surface area contributed by atoms with Gasteiger partial charge in [-0.3, -0.25) is 10.6 Å². The van der Waals surface area contributed by atoms with E-state index in [4.69, 9.17) is 0 Å². The SMILES string of the molecule is Cc1cc(C)c(NC2(C)N[C@@H]3CCCC[C@H]3N2)c(C)c1. The highest BCUT2D eigenvalue weighted by molar-refractivity contribution is 5.59. The van der Waals surface area contributed by atoms with E-state index in [0.29, 0.717) is 12.1 Å². The molecule has 0 unspecified atom stereocenters. The second-order valence-electron chi connectivity index (χ2n) is 6.81. The quantitative estimate of drug-likeness (QED) is 0.774. The van der Waals surface area contributed by atoms with Crippen LogP contribution in [0.15, 0.2) is 12.1 Å². The van der Waals surface area contributed by atoms with Crippen LogP contribution in [0.1, 0.15) is 49.3 Å². The van der Waals surface area contributed by atoms with Crippen molar-refractivity contribution >= 4 is 5.69 Å². The fraction of sp³-hybridized carbons (Fsp3) is 0.647. The summed E-state index contributed by atoms with van der Waals surface area (Å²) in [6.07, 6.45) is 5.30. The highest BCUT2D eigenvalue weighted by Crippen LogP contribution is 2.30. The van der Waals surface area contributed by atoms with Gasteiger partial charge in [0.2, 0.25) is 0 Å². The van der Waals surface area contributed by atoms with Gasteiger partial charge in [0.1, 0.15) is 5.79 Å². The first kappa shape index (κ1) is 13.9. The van der Waals surface area contributed by atoms with Crippen molar-refractivity contribution in [1.82, 2.24) is 10.6 Å². The maximum absolute atomic E-state index is 3.76. The maximum Gasteiger partial charge on any atom is 0.141 e. The largest absolute Gasteiger partial charge is 0.355 e. The molecule has 1 aromatic rings. The van der Waals surface area contributed by atoms with Crippen LogP contribution < -0.4 is 16.0 Å². The Hall–Kier alpha value is -1.06. The molecule has 20 heavy (non-hydrogen) atoms. The number of benzene rings is 1. The lowest BCUT2D eigenvalue weighted by molar-refractivity contribution is 0.374. The molecule has 0 amide bonds. The van der Waals surface area contributed by atoms with Crippen molar-refractivity contribution in [3.63, 3.8) is 0 Å². The van der Waals surface area contributed by atoms with Crippen molar-refractivity contribution in [2.45, 2.75) is 71.2 Å². The molecule has 1 saturated heterocycles. The fourth-order valence-electron chi connectivity index (χ4n) is 3.96. The van der Waals surface area contributed by atoms with E-state index in [-0.39, 0.29) is 5.79 Å². The Balaban J connectivity index is 1.81. The van der Waals surface area contributed by atoms with E-state index in [1.165, 1.54) is 48.1 Å². The van der Waals surface area contributed by atoms with E-state index in [1.807, 2.05) is 0 Å². The average molecular weight is 273 g/mol. The third-order valence-electron chi connectivity index (χ3n) is 4.77. The number of hydrogen-bond donors (Lipinski definition) is 3. The molecule has 1 aromatic carbocycles. The van der Waals surface area contributed by atoms with E-state index in [9.17, 15) is 0 Å². The van der Waals surface area contributed by atoms with Crippen LogP contribution in [0.4, 0.5) is 5.69 Å². The zero-order chi connectivity index (χ0) is 14.3. The van der Waals surface area contributed by atoms with Crippen LogP contribution in [-0.2, 0) is 0 Å². The van der Waals surface area contributed by atoms with Gasteiger partial charge in [-0.05, 0) is 51.7 Å². The first-order chi connectivity index (χ1) is 9.47. The molecule has 2 aliphatic rings. The number of anilines is 1. The van der Waals surface area contributed by atoms with Gasteiger partial charge in [-0.25, -0.2) is 0 Å². The summed E-state index contributed by atoms with van der Waals surface area (Å²) >= 11 is 0. The molecule has 0 radical (unpaired) electrons.